The highest BCUT2D eigenvalue weighted by Gasteiger charge is 2.45. The molecule has 1 aliphatic carbocycles. The molecule has 0 aromatic carbocycles. The fourth-order valence-corrected chi connectivity index (χ4v) is 4.64. The first kappa shape index (κ1) is 13.9. The van der Waals surface area contributed by atoms with Gasteiger partial charge in [-0.15, -0.1) is 12.2 Å². The molecule has 2 atom stereocenters. The lowest BCUT2D eigenvalue weighted by Gasteiger charge is -2.38. The van der Waals surface area contributed by atoms with Crippen LogP contribution in [0.4, 0.5) is 0 Å². The van der Waals surface area contributed by atoms with E-state index in [1.165, 1.54) is 12.8 Å². The van der Waals surface area contributed by atoms with Gasteiger partial charge in [0.05, 0.1) is 0 Å². The third-order valence-corrected chi connectivity index (χ3v) is 6.86. The molecule has 0 aromatic rings. The van der Waals surface area contributed by atoms with E-state index in [-0.39, 0.29) is 12.5 Å². The zero-order valence-corrected chi connectivity index (χ0v) is 11.4. The largest absolute Gasteiger partial charge is 0.380 e. The van der Waals surface area contributed by atoms with Crippen LogP contribution in [0.25, 0.3) is 0 Å². The second kappa shape index (κ2) is 5.48. The van der Waals surface area contributed by atoms with Crippen molar-refractivity contribution in [2.24, 2.45) is 11.7 Å². The normalized spacial score (nSPS) is 27.7. The summed E-state index contributed by atoms with van der Waals surface area (Å²) < 4.78 is 0. The quantitative estimate of drug-likeness (QED) is 0.358. The molecule has 0 radical (unpaired) electrons. The van der Waals surface area contributed by atoms with E-state index in [0.717, 1.165) is 25.7 Å². The van der Waals surface area contributed by atoms with E-state index in [0.29, 0.717) is 0 Å². The monoisotopic (exact) mass is 269 g/mol. The lowest BCUT2D eigenvalue weighted by atomic mass is 9.93. The smallest absolute Gasteiger partial charge is 0.146 e. The van der Waals surface area contributed by atoms with E-state index in [2.05, 4.69) is 12.2 Å². The average Bonchev–Trinajstić information content (AvgIpc) is 2.43. The molecule has 15 heavy (non-hydrogen) atoms. The highest BCUT2D eigenvalue weighted by molar-refractivity contribution is 8.61. The van der Waals surface area contributed by atoms with Gasteiger partial charge < -0.3 is 15.7 Å². The van der Waals surface area contributed by atoms with Crippen LogP contribution in [0.3, 0.4) is 0 Å². The average molecular weight is 269 g/mol. The van der Waals surface area contributed by atoms with Gasteiger partial charge in [-0.1, -0.05) is 37.5 Å². The summed E-state index contributed by atoms with van der Waals surface area (Å²) in [7, 11) is 0. The van der Waals surface area contributed by atoms with Crippen LogP contribution in [0.5, 0.6) is 0 Å². The van der Waals surface area contributed by atoms with Crippen LogP contribution in [0.15, 0.2) is 0 Å². The van der Waals surface area contributed by atoms with E-state index in [1.807, 2.05) is 0 Å². The van der Waals surface area contributed by atoms with Crippen LogP contribution in [0, 0.1) is 5.92 Å². The Hall–Kier alpha value is 0.880. The van der Waals surface area contributed by atoms with Gasteiger partial charge in [-0.05, 0) is 18.8 Å². The molecule has 0 amide bonds. The topological polar surface area (TPSA) is 66.5 Å². The SMILES string of the molecule is NCC(O)(C1CCCCCC1)P(O)(=S)S. The molecular weight excluding hydrogens is 249 g/mol. The molecule has 4 N–H and O–H groups in total. The fraction of sp³-hybridized carbons (Fsp3) is 1.00. The lowest BCUT2D eigenvalue weighted by Crippen LogP contribution is -2.43. The Kier molecular flexibility index (Phi) is 5.09. The van der Waals surface area contributed by atoms with Crippen molar-refractivity contribution >= 4 is 29.5 Å². The summed E-state index contributed by atoms with van der Waals surface area (Å²) in [4.78, 5) is 9.84. The molecule has 90 valence electrons. The molecule has 1 fully saturated rings. The third-order valence-electron chi connectivity index (χ3n) is 3.31. The first-order valence-electron chi connectivity index (χ1n) is 5.40. The van der Waals surface area contributed by atoms with Crippen LogP contribution in [-0.2, 0) is 11.8 Å². The highest BCUT2D eigenvalue weighted by atomic mass is 32.9. The Bertz CT molecular complexity index is 250. The van der Waals surface area contributed by atoms with Crippen LogP contribution in [0.2, 0.25) is 0 Å². The third kappa shape index (κ3) is 3.18. The standard InChI is InChI=1S/C9H20NO2PS2/c10-7-9(11,13(12,14)15)8-5-3-1-2-4-6-8/h8,11H,1-7,10H2,(H2,12,14,15). The van der Waals surface area contributed by atoms with E-state index in [9.17, 15) is 10.00 Å². The van der Waals surface area contributed by atoms with Gasteiger partial charge in [0, 0.05) is 6.54 Å². The Labute approximate surface area is 102 Å². The van der Waals surface area contributed by atoms with Crippen LogP contribution in [0.1, 0.15) is 38.5 Å². The number of thiol groups is 1. The molecule has 0 heterocycles. The minimum absolute atomic E-state index is 0.00887. The molecule has 0 spiro atoms. The molecule has 0 bridgehead atoms. The van der Waals surface area contributed by atoms with Crippen molar-refractivity contribution < 1.29 is 10.00 Å². The number of rotatable bonds is 3. The Balaban J connectivity index is 2.84. The first-order chi connectivity index (χ1) is 6.92. The second-order valence-corrected chi connectivity index (χ2v) is 10.3. The highest BCUT2D eigenvalue weighted by Crippen LogP contribution is 2.61. The number of hydrogen-bond donors (Lipinski definition) is 4. The second-order valence-electron chi connectivity index (χ2n) is 4.32. The van der Waals surface area contributed by atoms with Crippen molar-refractivity contribution in [3.05, 3.63) is 0 Å². The fourth-order valence-electron chi connectivity index (χ4n) is 2.27. The Morgan fingerprint density at radius 1 is 1.33 bits per heavy atom. The van der Waals surface area contributed by atoms with Crippen LogP contribution < -0.4 is 5.73 Å². The summed E-state index contributed by atoms with van der Waals surface area (Å²) in [6.45, 7) is 0.00887. The van der Waals surface area contributed by atoms with Gasteiger partial charge in [-0.25, -0.2) is 0 Å². The predicted molar refractivity (Wildman–Crippen MR) is 70.7 cm³/mol. The molecule has 0 aromatic heterocycles. The van der Waals surface area contributed by atoms with Crippen molar-refractivity contribution in [3.63, 3.8) is 0 Å². The molecule has 2 unspecified atom stereocenters. The lowest BCUT2D eigenvalue weighted by molar-refractivity contribution is 0.0594. The summed E-state index contributed by atoms with van der Waals surface area (Å²) in [6, 6.07) is 0. The van der Waals surface area contributed by atoms with E-state index in [1.54, 1.807) is 0 Å². The van der Waals surface area contributed by atoms with Gasteiger partial charge in [-0.3, -0.25) is 0 Å². The predicted octanol–water partition coefficient (Wildman–Crippen LogP) is 1.84. The number of hydrogen-bond acceptors (Lipinski definition) is 3. The van der Waals surface area contributed by atoms with Crippen molar-refractivity contribution in [1.82, 2.24) is 0 Å². The van der Waals surface area contributed by atoms with Crippen molar-refractivity contribution in [2.75, 3.05) is 6.54 Å². The molecule has 0 saturated heterocycles. The summed E-state index contributed by atoms with van der Waals surface area (Å²) >= 11 is 8.96. The molecular formula is C9H20NO2PS2. The van der Waals surface area contributed by atoms with Gasteiger partial charge >= 0.3 is 0 Å². The van der Waals surface area contributed by atoms with Crippen molar-refractivity contribution in [1.29, 1.82) is 0 Å². The van der Waals surface area contributed by atoms with Gasteiger partial charge in [0.2, 0.25) is 0 Å². The van der Waals surface area contributed by atoms with Gasteiger partial charge in [0.15, 0.2) is 0 Å². The maximum atomic E-state index is 10.4. The number of aliphatic hydroxyl groups is 1. The van der Waals surface area contributed by atoms with E-state index >= 15 is 0 Å². The first-order valence-corrected chi connectivity index (χ1v) is 9.30. The van der Waals surface area contributed by atoms with E-state index < -0.39 is 10.8 Å². The van der Waals surface area contributed by atoms with Crippen LogP contribution >= 0.6 is 17.7 Å². The summed E-state index contributed by atoms with van der Waals surface area (Å²) in [5, 5.41) is 9.06. The molecule has 1 saturated carbocycles. The summed E-state index contributed by atoms with van der Waals surface area (Å²) in [5.74, 6) is 0.0123. The number of nitrogens with two attached hydrogens (primary N) is 1. The zero-order chi connectivity index (χ0) is 11.5. The maximum absolute atomic E-state index is 10.4. The molecule has 3 nitrogen and oxygen atoms in total. The minimum atomic E-state index is -3.02. The van der Waals surface area contributed by atoms with Crippen LogP contribution in [-0.4, -0.2) is 21.9 Å². The van der Waals surface area contributed by atoms with E-state index in [4.69, 9.17) is 17.5 Å². The van der Waals surface area contributed by atoms with Crippen molar-refractivity contribution in [2.45, 2.75) is 43.9 Å². The molecule has 1 aliphatic rings. The molecule has 0 aliphatic heterocycles. The Morgan fingerprint density at radius 2 is 1.80 bits per heavy atom. The van der Waals surface area contributed by atoms with Gasteiger partial charge in [0.1, 0.15) is 10.8 Å². The van der Waals surface area contributed by atoms with Gasteiger partial charge in [-0.2, -0.15) is 0 Å². The summed E-state index contributed by atoms with van der Waals surface area (Å²) in [6.07, 6.45) is 6.34. The summed E-state index contributed by atoms with van der Waals surface area (Å²) in [5.41, 5.74) is 2.56. The van der Waals surface area contributed by atoms with Crippen molar-refractivity contribution in [3.8, 4) is 0 Å². The molecule has 6 heteroatoms. The maximum Gasteiger partial charge on any atom is 0.146 e. The minimum Gasteiger partial charge on any atom is -0.380 e. The zero-order valence-electron chi connectivity index (χ0n) is 8.80. The molecule has 1 rings (SSSR count). The Morgan fingerprint density at radius 3 is 2.13 bits per heavy atom. The van der Waals surface area contributed by atoms with Gasteiger partial charge in [0.25, 0.3) is 0 Å².